The zero-order chi connectivity index (χ0) is 13.0. The highest BCUT2D eigenvalue weighted by molar-refractivity contribution is 5.87. The minimum Gasteiger partial charge on any atom is -0.478 e. The average molecular weight is 245 g/mol. The Balaban J connectivity index is 1.86. The van der Waals surface area contributed by atoms with Crippen molar-refractivity contribution < 1.29 is 14.7 Å². The summed E-state index contributed by atoms with van der Waals surface area (Å²) >= 11 is 0. The number of nitrogens with one attached hydrogen (secondary N) is 1. The van der Waals surface area contributed by atoms with E-state index in [0.29, 0.717) is 6.54 Å². The van der Waals surface area contributed by atoms with E-state index >= 15 is 0 Å². The fraction of sp³-hybridized carbons (Fsp3) is 0.286. The van der Waals surface area contributed by atoms with Gasteiger partial charge in [-0.25, -0.2) is 4.79 Å². The van der Waals surface area contributed by atoms with Crippen LogP contribution >= 0.6 is 0 Å². The normalized spacial score (nSPS) is 14.7. The first kappa shape index (κ1) is 12.4. The standard InChI is InChI=1S/C14H15NO3/c16-13(11-3-1-2-4-11)15-9-10-5-7-12(8-6-10)14(17)18/h1-2,5-8,11H,3-4,9H2,(H,15,16)(H,17,18). The molecule has 18 heavy (non-hydrogen) atoms. The Kier molecular flexibility index (Phi) is 3.77. The molecule has 0 radical (unpaired) electrons. The third-order valence-electron chi connectivity index (χ3n) is 3.05. The Morgan fingerprint density at radius 1 is 1.17 bits per heavy atom. The van der Waals surface area contributed by atoms with E-state index in [1.54, 1.807) is 24.3 Å². The monoisotopic (exact) mass is 245 g/mol. The molecule has 4 heteroatoms. The van der Waals surface area contributed by atoms with Crippen LogP contribution in [0.25, 0.3) is 0 Å². The summed E-state index contributed by atoms with van der Waals surface area (Å²) in [5.41, 5.74) is 1.16. The van der Waals surface area contributed by atoms with Gasteiger partial charge in [-0.3, -0.25) is 4.79 Å². The van der Waals surface area contributed by atoms with Crippen molar-refractivity contribution >= 4 is 11.9 Å². The topological polar surface area (TPSA) is 66.4 Å². The number of hydrogen-bond donors (Lipinski definition) is 2. The van der Waals surface area contributed by atoms with Crippen molar-refractivity contribution in [3.63, 3.8) is 0 Å². The van der Waals surface area contributed by atoms with Crippen LogP contribution in [0.1, 0.15) is 28.8 Å². The Labute approximate surface area is 105 Å². The van der Waals surface area contributed by atoms with Gasteiger partial charge in [-0.15, -0.1) is 0 Å². The SMILES string of the molecule is O=C(O)c1ccc(CNC(=O)C2CC=CC2)cc1. The molecule has 0 aliphatic heterocycles. The first-order chi connectivity index (χ1) is 8.66. The molecule has 0 aromatic heterocycles. The zero-order valence-corrected chi connectivity index (χ0v) is 9.93. The first-order valence-corrected chi connectivity index (χ1v) is 5.92. The second kappa shape index (κ2) is 5.49. The van der Waals surface area contributed by atoms with Crippen molar-refractivity contribution in [3.8, 4) is 0 Å². The van der Waals surface area contributed by atoms with E-state index in [1.165, 1.54) is 0 Å². The molecule has 0 bridgehead atoms. The molecule has 4 nitrogen and oxygen atoms in total. The second-order valence-corrected chi connectivity index (χ2v) is 4.36. The van der Waals surface area contributed by atoms with E-state index in [9.17, 15) is 9.59 Å². The molecule has 0 atom stereocenters. The maximum atomic E-state index is 11.7. The van der Waals surface area contributed by atoms with E-state index < -0.39 is 5.97 Å². The van der Waals surface area contributed by atoms with Crippen LogP contribution in [0.4, 0.5) is 0 Å². The number of allylic oxidation sites excluding steroid dienone is 2. The van der Waals surface area contributed by atoms with Gasteiger partial charge in [0.15, 0.2) is 0 Å². The van der Waals surface area contributed by atoms with Gasteiger partial charge in [0, 0.05) is 12.5 Å². The quantitative estimate of drug-likeness (QED) is 0.797. The van der Waals surface area contributed by atoms with Crippen LogP contribution in [0.3, 0.4) is 0 Å². The molecule has 0 saturated heterocycles. The maximum Gasteiger partial charge on any atom is 0.335 e. The van der Waals surface area contributed by atoms with Crippen molar-refractivity contribution in [1.82, 2.24) is 5.32 Å². The van der Waals surface area contributed by atoms with Crippen molar-refractivity contribution in [2.24, 2.45) is 5.92 Å². The minimum absolute atomic E-state index is 0.0577. The maximum absolute atomic E-state index is 11.7. The highest BCUT2D eigenvalue weighted by atomic mass is 16.4. The number of aromatic carboxylic acids is 1. The molecule has 1 aromatic carbocycles. The molecule has 1 aliphatic rings. The van der Waals surface area contributed by atoms with Crippen LogP contribution < -0.4 is 5.32 Å². The fourth-order valence-electron chi connectivity index (χ4n) is 1.93. The van der Waals surface area contributed by atoms with E-state index in [4.69, 9.17) is 5.11 Å². The summed E-state index contributed by atoms with van der Waals surface area (Å²) in [4.78, 5) is 22.4. The van der Waals surface area contributed by atoms with E-state index in [2.05, 4.69) is 5.32 Å². The lowest BCUT2D eigenvalue weighted by Gasteiger charge is -2.10. The summed E-state index contributed by atoms with van der Waals surface area (Å²) in [6.45, 7) is 0.440. The van der Waals surface area contributed by atoms with Gasteiger partial charge in [-0.05, 0) is 30.5 Å². The van der Waals surface area contributed by atoms with Crippen LogP contribution in [-0.4, -0.2) is 17.0 Å². The molecule has 1 aromatic rings. The third-order valence-corrected chi connectivity index (χ3v) is 3.05. The summed E-state index contributed by atoms with van der Waals surface area (Å²) in [5.74, 6) is -0.826. The zero-order valence-electron chi connectivity index (χ0n) is 9.93. The van der Waals surface area contributed by atoms with Gasteiger partial charge in [0.05, 0.1) is 5.56 Å². The predicted molar refractivity (Wildman–Crippen MR) is 67.1 cm³/mol. The molecule has 2 N–H and O–H groups in total. The number of carbonyl (C=O) groups is 2. The lowest BCUT2D eigenvalue weighted by molar-refractivity contribution is -0.124. The van der Waals surface area contributed by atoms with Crippen molar-refractivity contribution in [2.75, 3.05) is 0 Å². The number of hydrogen-bond acceptors (Lipinski definition) is 2. The van der Waals surface area contributed by atoms with Crippen molar-refractivity contribution in [3.05, 3.63) is 47.5 Å². The fourth-order valence-corrected chi connectivity index (χ4v) is 1.93. The third kappa shape index (κ3) is 2.97. The lowest BCUT2D eigenvalue weighted by atomic mass is 10.1. The molecule has 0 unspecified atom stereocenters. The highest BCUT2D eigenvalue weighted by Gasteiger charge is 2.18. The van der Waals surface area contributed by atoms with Crippen LogP contribution in [0.5, 0.6) is 0 Å². The van der Waals surface area contributed by atoms with E-state index in [1.807, 2.05) is 12.2 Å². The molecule has 94 valence electrons. The van der Waals surface area contributed by atoms with Gasteiger partial charge in [-0.1, -0.05) is 24.3 Å². The summed E-state index contributed by atoms with van der Waals surface area (Å²) < 4.78 is 0. The Bertz CT molecular complexity index is 468. The second-order valence-electron chi connectivity index (χ2n) is 4.36. The molecular weight excluding hydrogens is 230 g/mol. The summed E-state index contributed by atoms with van der Waals surface area (Å²) in [6.07, 6.45) is 5.66. The molecular formula is C14H15NO3. The Morgan fingerprint density at radius 2 is 1.78 bits per heavy atom. The summed E-state index contributed by atoms with van der Waals surface area (Å²) in [6, 6.07) is 6.52. The smallest absolute Gasteiger partial charge is 0.335 e. The molecule has 0 fully saturated rings. The lowest BCUT2D eigenvalue weighted by Crippen LogP contribution is -2.28. The Hall–Kier alpha value is -2.10. The van der Waals surface area contributed by atoms with Gasteiger partial charge >= 0.3 is 5.97 Å². The van der Waals surface area contributed by atoms with Crippen molar-refractivity contribution in [2.45, 2.75) is 19.4 Å². The number of rotatable bonds is 4. The molecule has 1 aliphatic carbocycles. The van der Waals surface area contributed by atoms with Crippen molar-refractivity contribution in [1.29, 1.82) is 0 Å². The van der Waals surface area contributed by atoms with Crippen LogP contribution in [0.15, 0.2) is 36.4 Å². The minimum atomic E-state index is -0.942. The Morgan fingerprint density at radius 3 is 2.33 bits per heavy atom. The number of carbonyl (C=O) groups excluding carboxylic acids is 1. The average Bonchev–Trinajstić information content (AvgIpc) is 2.90. The largest absolute Gasteiger partial charge is 0.478 e. The highest BCUT2D eigenvalue weighted by Crippen LogP contribution is 2.17. The number of carboxylic acid groups (broad SMARTS) is 1. The van der Waals surface area contributed by atoms with Gasteiger partial charge in [-0.2, -0.15) is 0 Å². The van der Waals surface area contributed by atoms with Gasteiger partial charge < -0.3 is 10.4 Å². The van der Waals surface area contributed by atoms with Gasteiger partial charge in [0.2, 0.25) is 5.91 Å². The van der Waals surface area contributed by atoms with E-state index in [-0.39, 0.29) is 17.4 Å². The molecule has 0 heterocycles. The van der Waals surface area contributed by atoms with Crippen LogP contribution in [0.2, 0.25) is 0 Å². The molecule has 0 saturated carbocycles. The summed E-state index contributed by atoms with van der Waals surface area (Å²) in [7, 11) is 0. The van der Waals surface area contributed by atoms with E-state index in [0.717, 1.165) is 18.4 Å². The number of benzene rings is 1. The number of carboxylic acids is 1. The first-order valence-electron chi connectivity index (χ1n) is 5.92. The molecule has 2 rings (SSSR count). The summed E-state index contributed by atoms with van der Waals surface area (Å²) in [5, 5.41) is 11.6. The van der Waals surface area contributed by atoms with Gasteiger partial charge in [0.1, 0.15) is 0 Å². The molecule has 0 spiro atoms. The van der Waals surface area contributed by atoms with Crippen LogP contribution in [0, 0.1) is 5.92 Å². The predicted octanol–water partition coefficient (Wildman–Crippen LogP) is 1.97. The molecule has 1 amide bonds. The number of amides is 1. The van der Waals surface area contributed by atoms with Crippen LogP contribution in [-0.2, 0) is 11.3 Å². The van der Waals surface area contributed by atoms with Gasteiger partial charge in [0.25, 0.3) is 0 Å².